The molecule has 5 nitrogen and oxygen atoms in total. The third-order valence-electron chi connectivity index (χ3n) is 4.38. The van der Waals surface area contributed by atoms with Crippen molar-refractivity contribution in [1.82, 2.24) is 4.98 Å². The van der Waals surface area contributed by atoms with Crippen LogP contribution in [0.1, 0.15) is 33.3 Å². The van der Waals surface area contributed by atoms with Gasteiger partial charge in [-0.2, -0.15) is 0 Å². The van der Waals surface area contributed by atoms with Gasteiger partial charge in [-0.15, -0.1) is 0 Å². The van der Waals surface area contributed by atoms with E-state index in [1.165, 1.54) is 12.3 Å². The summed E-state index contributed by atoms with van der Waals surface area (Å²) in [7, 11) is 0. The van der Waals surface area contributed by atoms with Crippen LogP contribution >= 0.6 is 11.6 Å². The lowest BCUT2D eigenvalue weighted by atomic mass is 10.1. The van der Waals surface area contributed by atoms with E-state index in [0.29, 0.717) is 22.8 Å². The summed E-state index contributed by atoms with van der Waals surface area (Å²) < 4.78 is 0. The Morgan fingerprint density at radius 1 is 1.07 bits per heavy atom. The van der Waals surface area contributed by atoms with Crippen molar-refractivity contribution >= 4 is 34.8 Å². The summed E-state index contributed by atoms with van der Waals surface area (Å²) in [5, 5.41) is 3.36. The van der Waals surface area contributed by atoms with Crippen molar-refractivity contribution in [1.29, 1.82) is 0 Å². The molecule has 3 rings (SSSR count). The van der Waals surface area contributed by atoms with Crippen molar-refractivity contribution in [2.24, 2.45) is 0 Å². The fourth-order valence-electron chi connectivity index (χ4n) is 2.82. The molecule has 28 heavy (non-hydrogen) atoms. The maximum Gasteiger partial charge on any atom is 0.274 e. The maximum atomic E-state index is 13.0. The van der Waals surface area contributed by atoms with E-state index in [1.54, 1.807) is 29.2 Å². The normalized spacial score (nSPS) is 10.4. The quantitative estimate of drug-likeness (QED) is 0.666. The number of carbonyl (C=O) groups excluding carboxylic acids is 2. The number of para-hydroxylation sites is 1. The maximum absolute atomic E-state index is 13.0. The molecule has 3 aromatic rings. The van der Waals surface area contributed by atoms with Crippen LogP contribution in [0, 0.1) is 6.92 Å². The van der Waals surface area contributed by atoms with E-state index >= 15 is 0 Å². The monoisotopic (exact) mass is 393 g/mol. The van der Waals surface area contributed by atoms with Crippen LogP contribution in [-0.4, -0.2) is 23.3 Å². The lowest BCUT2D eigenvalue weighted by molar-refractivity contribution is 0.0988. The summed E-state index contributed by atoms with van der Waals surface area (Å²) in [5.74, 6) is -0.591. The van der Waals surface area contributed by atoms with E-state index in [0.717, 1.165) is 11.3 Å². The second-order valence-corrected chi connectivity index (χ2v) is 6.59. The van der Waals surface area contributed by atoms with Gasteiger partial charge in [0.1, 0.15) is 5.69 Å². The SMILES string of the molecule is CCN(C(=O)c1ccnc(C(=O)Nc2cccc(Cl)c2C)c1)c1ccccc1. The predicted octanol–water partition coefficient (Wildman–Crippen LogP) is 4.96. The molecule has 0 saturated heterocycles. The third-order valence-corrected chi connectivity index (χ3v) is 4.79. The number of amides is 2. The van der Waals surface area contributed by atoms with E-state index < -0.39 is 5.91 Å². The lowest BCUT2D eigenvalue weighted by Crippen LogP contribution is -2.31. The highest BCUT2D eigenvalue weighted by molar-refractivity contribution is 6.31. The molecule has 1 aromatic heterocycles. The van der Waals surface area contributed by atoms with Gasteiger partial charge in [-0.1, -0.05) is 35.9 Å². The highest BCUT2D eigenvalue weighted by atomic mass is 35.5. The van der Waals surface area contributed by atoms with Gasteiger partial charge in [0.15, 0.2) is 0 Å². The number of rotatable bonds is 5. The van der Waals surface area contributed by atoms with Gasteiger partial charge in [0.05, 0.1) is 0 Å². The number of hydrogen-bond donors (Lipinski definition) is 1. The Labute approximate surface area is 169 Å². The molecule has 0 radical (unpaired) electrons. The summed E-state index contributed by atoms with van der Waals surface area (Å²) in [5.41, 5.74) is 2.73. The smallest absolute Gasteiger partial charge is 0.274 e. The van der Waals surface area contributed by atoms with Crippen molar-refractivity contribution in [2.75, 3.05) is 16.8 Å². The third kappa shape index (κ3) is 4.21. The fourth-order valence-corrected chi connectivity index (χ4v) is 3.00. The van der Waals surface area contributed by atoms with Crippen LogP contribution in [0.15, 0.2) is 66.9 Å². The van der Waals surface area contributed by atoms with Crippen molar-refractivity contribution < 1.29 is 9.59 Å². The first-order valence-electron chi connectivity index (χ1n) is 8.90. The summed E-state index contributed by atoms with van der Waals surface area (Å²) >= 11 is 6.10. The molecule has 0 aliphatic carbocycles. The summed E-state index contributed by atoms with van der Waals surface area (Å²) in [6.07, 6.45) is 1.46. The number of anilines is 2. The number of aromatic nitrogens is 1. The van der Waals surface area contributed by atoms with Gasteiger partial charge < -0.3 is 10.2 Å². The highest BCUT2D eigenvalue weighted by Crippen LogP contribution is 2.23. The van der Waals surface area contributed by atoms with Crippen LogP contribution < -0.4 is 10.2 Å². The van der Waals surface area contributed by atoms with Gasteiger partial charge >= 0.3 is 0 Å². The molecule has 0 aliphatic heterocycles. The van der Waals surface area contributed by atoms with Crippen LogP contribution in [0.5, 0.6) is 0 Å². The van der Waals surface area contributed by atoms with Gasteiger partial charge in [0.25, 0.3) is 11.8 Å². The molecule has 2 aromatic carbocycles. The minimum Gasteiger partial charge on any atom is -0.320 e. The van der Waals surface area contributed by atoms with Gasteiger partial charge in [-0.05, 0) is 55.8 Å². The molecule has 0 atom stereocenters. The Kier molecular flexibility index (Phi) is 6.06. The van der Waals surface area contributed by atoms with Crippen LogP contribution in [-0.2, 0) is 0 Å². The summed E-state index contributed by atoms with van der Waals surface area (Å²) in [6, 6.07) is 17.8. The second kappa shape index (κ2) is 8.67. The van der Waals surface area contributed by atoms with E-state index in [-0.39, 0.29) is 11.6 Å². The van der Waals surface area contributed by atoms with E-state index in [2.05, 4.69) is 10.3 Å². The molecule has 1 N–H and O–H groups in total. The molecular weight excluding hydrogens is 374 g/mol. The number of halogens is 1. The zero-order chi connectivity index (χ0) is 20.1. The first-order valence-corrected chi connectivity index (χ1v) is 9.28. The van der Waals surface area contributed by atoms with Crippen molar-refractivity contribution in [3.05, 3.63) is 88.7 Å². The van der Waals surface area contributed by atoms with Crippen LogP contribution in [0.3, 0.4) is 0 Å². The number of pyridine rings is 1. The van der Waals surface area contributed by atoms with Crippen LogP contribution in [0.25, 0.3) is 0 Å². The molecule has 142 valence electrons. The van der Waals surface area contributed by atoms with Crippen molar-refractivity contribution in [3.63, 3.8) is 0 Å². The average Bonchev–Trinajstić information content (AvgIpc) is 2.72. The summed E-state index contributed by atoms with van der Waals surface area (Å²) in [4.78, 5) is 31.3. The Balaban J connectivity index is 1.84. The van der Waals surface area contributed by atoms with Crippen LogP contribution in [0.2, 0.25) is 5.02 Å². The van der Waals surface area contributed by atoms with Crippen LogP contribution in [0.4, 0.5) is 11.4 Å². The first kappa shape index (κ1) is 19.6. The lowest BCUT2D eigenvalue weighted by Gasteiger charge is -2.21. The Bertz CT molecular complexity index is 1010. The molecule has 0 bridgehead atoms. The predicted molar refractivity (Wildman–Crippen MR) is 112 cm³/mol. The Morgan fingerprint density at radius 2 is 1.82 bits per heavy atom. The molecule has 0 unspecified atom stereocenters. The van der Waals surface area contributed by atoms with E-state index in [9.17, 15) is 9.59 Å². The summed E-state index contributed by atoms with van der Waals surface area (Å²) in [6.45, 7) is 4.24. The average molecular weight is 394 g/mol. The molecular formula is C22H20ClN3O2. The number of nitrogens with one attached hydrogen (secondary N) is 1. The topological polar surface area (TPSA) is 62.3 Å². The van der Waals surface area contributed by atoms with Gasteiger partial charge in [0.2, 0.25) is 0 Å². The van der Waals surface area contributed by atoms with Gasteiger partial charge in [0, 0.05) is 34.7 Å². The Morgan fingerprint density at radius 3 is 2.54 bits per heavy atom. The molecule has 1 heterocycles. The first-order chi connectivity index (χ1) is 13.5. The minimum absolute atomic E-state index is 0.161. The van der Waals surface area contributed by atoms with Crippen molar-refractivity contribution in [3.8, 4) is 0 Å². The molecule has 0 aliphatic rings. The fraction of sp³-hybridized carbons (Fsp3) is 0.136. The van der Waals surface area contributed by atoms with E-state index in [4.69, 9.17) is 11.6 Å². The zero-order valence-corrected chi connectivity index (χ0v) is 16.4. The van der Waals surface area contributed by atoms with Gasteiger partial charge in [-0.25, -0.2) is 0 Å². The second-order valence-electron chi connectivity index (χ2n) is 6.18. The van der Waals surface area contributed by atoms with E-state index in [1.807, 2.05) is 44.2 Å². The number of benzene rings is 2. The van der Waals surface area contributed by atoms with Gasteiger partial charge in [-0.3, -0.25) is 14.6 Å². The Hall–Kier alpha value is -3.18. The molecule has 0 spiro atoms. The zero-order valence-electron chi connectivity index (χ0n) is 15.6. The molecule has 0 fully saturated rings. The standard InChI is InChI=1S/C22H20ClN3O2/c1-3-26(17-8-5-4-6-9-17)22(28)16-12-13-24-20(14-16)21(27)25-19-11-7-10-18(23)15(19)2/h4-14H,3H2,1-2H3,(H,25,27). The minimum atomic E-state index is -0.400. The van der Waals surface area contributed by atoms with Crippen molar-refractivity contribution in [2.45, 2.75) is 13.8 Å². The molecule has 2 amide bonds. The largest absolute Gasteiger partial charge is 0.320 e. The molecule has 0 saturated carbocycles. The highest BCUT2D eigenvalue weighted by Gasteiger charge is 2.18. The number of nitrogens with zero attached hydrogens (tertiary/aromatic N) is 2. The number of carbonyl (C=O) groups is 2. The number of hydrogen-bond acceptors (Lipinski definition) is 3. The molecule has 6 heteroatoms.